The minimum absolute atomic E-state index is 0. The lowest BCUT2D eigenvalue weighted by molar-refractivity contribution is -0.108. The molecule has 0 spiro atoms. The zero-order chi connectivity index (χ0) is 17.6. The van der Waals surface area contributed by atoms with E-state index in [0.29, 0.717) is 24.0 Å². The highest BCUT2D eigenvalue weighted by molar-refractivity contribution is 5.85. The molecule has 1 fully saturated rings. The average molecular weight is 373 g/mol. The van der Waals surface area contributed by atoms with E-state index in [9.17, 15) is 14.0 Å². The lowest BCUT2D eigenvalue weighted by atomic mass is 10.1. The molecule has 5 nitrogen and oxygen atoms in total. The summed E-state index contributed by atoms with van der Waals surface area (Å²) in [7, 11) is 0. The van der Waals surface area contributed by atoms with Crippen molar-refractivity contribution in [2.24, 2.45) is 0 Å². The summed E-state index contributed by atoms with van der Waals surface area (Å²) in [4.78, 5) is 24.7. The number of hydrogen-bond acceptors (Lipinski definition) is 2. The first kappa shape index (κ1) is 21.4. The zero-order valence-electron chi connectivity index (χ0n) is 14.9. The van der Waals surface area contributed by atoms with Crippen molar-refractivity contribution in [2.45, 2.75) is 32.7 Å². The highest BCUT2D eigenvalue weighted by Crippen LogP contribution is 2.26. The van der Waals surface area contributed by atoms with Gasteiger partial charge in [0.1, 0.15) is 30.9 Å². The molecule has 1 aliphatic rings. The fourth-order valence-electron chi connectivity index (χ4n) is 3.23. The number of quaternary nitrogens is 1. The molecule has 1 saturated heterocycles. The number of urea groups is 1. The number of halogens is 2. The summed E-state index contributed by atoms with van der Waals surface area (Å²) in [5, 5.41) is 2.92. The van der Waals surface area contributed by atoms with Crippen LogP contribution in [0.3, 0.4) is 0 Å². The van der Waals surface area contributed by atoms with E-state index in [1.54, 1.807) is 0 Å². The Morgan fingerprint density at radius 1 is 1.28 bits per heavy atom. The lowest BCUT2D eigenvalue weighted by Gasteiger charge is -2.44. The molecule has 0 atom stereocenters. The molecule has 2 rings (SSSR count). The highest BCUT2D eigenvalue weighted by Gasteiger charge is 2.36. The number of benzene rings is 1. The molecule has 1 heterocycles. The Labute approximate surface area is 155 Å². The number of nitrogens with one attached hydrogen (secondary N) is 1. The van der Waals surface area contributed by atoms with Gasteiger partial charge in [-0.15, -0.1) is 12.4 Å². The van der Waals surface area contributed by atoms with E-state index in [0.717, 1.165) is 38.0 Å². The van der Waals surface area contributed by atoms with E-state index in [-0.39, 0.29) is 30.3 Å². The van der Waals surface area contributed by atoms with Crippen LogP contribution in [0, 0.1) is 5.82 Å². The molecule has 0 radical (unpaired) electrons. The maximum Gasteiger partial charge on any atom is 0.318 e. The average Bonchev–Trinajstić information content (AvgIpc) is 2.55. The van der Waals surface area contributed by atoms with Crippen LogP contribution < -0.4 is 9.80 Å². The number of nitrogens with zero attached hydrogens (tertiary/aromatic N) is 2. The molecule has 0 bridgehead atoms. The van der Waals surface area contributed by atoms with Gasteiger partial charge in [-0.3, -0.25) is 4.48 Å². The predicted octanol–water partition coefficient (Wildman–Crippen LogP) is 2.97. The summed E-state index contributed by atoms with van der Waals surface area (Å²) < 4.78 is 14.0. The first-order chi connectivity index (χ1) is 11.5. The van der Waals surface area contributed by atoms with Crippen LogP contribution in [0.2, 0.25) is 0 Å². The van der Waals surface area contributed by atoms with Crippen LogP contribution in [0.1, 0.15) is 26.7 Å². The van der Waals surface area contributed by atoms with Crippen molar-refractivity contribution in [3.05, 3.63) is 30.1 Å². The van der Waals surface area contributed by atoms with E-state index in [1.807, 2.05) is 30.9 Å². The molecule has 7 heteroatoms. The van der Waals surface area contributed by atoms with Gasteiger partial charge in [-0.1, -0.05) is 0 Å². The van der Waals surface area contributed by atoms with Gasteiger partial charge in [0.2, 0.25) is 0 Å². The standard InChI is InChI=1S/C18H26FN3O2.ClH/c1-15(2)20-18(24)21-9-12-22(13-10-21,11-3-4-14-23)17-7-5-16(19)6-8-17;/h5-8,14-15H,3-4,9-13H2,1-2H3;1H/p+1. The van der Waals surface area contributed by atoms with Crippen molar-refractivity contribution >= 4 is 30.4 Å². The zero-order valence-corrected chi connectivity index (χ0v) is 15.7. The van der Waals surface area contributed by atoms with Crippen LogP contribution in [-0.2, 0) is 4.79 Å². The van der Waals surface area contributed by atoms with Gasteiger partial charge in [-0.2, -0.15) is 0 Å². The maximum absolute atomic E-state index is 13.3. The van der Waals surface area contributed by atoms with Crippen LogP contribution in [0.4, 0.5) is 14.9 Å². The Morgan fingerprint density at radius 2 is 1.88 bits per heavy atom. The highest BCUT2D eigenvalue weighted by atomic mass is 35.5. The summed E-state index contributed by atoms with van der Waals surface area (Å²) in [5.41, 5.74) is 1.05. The molecular formula is C18H28ClFN3O2+. The molecule has 0 aromatic heterocycles. The number of carbonyl (C=O) groups is 2. The number of rotatable bonds is 6. The smallest absolute Gasteiger partial charge is 0.318 e. The summed E-state index contributed by atoms with van der Waals surface area (Å²) in [6.45, 7) is 7.56. The minimum Gasteiger partial charge on any atom is -0.336 e. The van der Waals surface area contributed by atoms with Crippen LogP contribution in [0.15, 0.2) is 24.3 Å². The fourth-order valence-corrected chi connectivity index (χ4v) is 3.23. The molecule has 0 unspecified atom stereocenters. The van der Waals surface area contributed by atoms with E-state index in [1.165, 1.54) is 12.1 Å². The van der Waals surface area contributed by atoms with Crippen molar-refractivity contribution in [1.29, 1.82) is 0 Å². The number of amides is 2. The quantitative estimate of drug-likeness (QED) is 0.474. The third kappa shape index (κ3) is 5.68. The number of unbranched alkanes of at least 4 members (excludes halogenated alkanes) is 1. The maximum atomic E-state index is 13.3. The Bertz CT molecular complexity index is 558. The molecule has 0 saturated carbocycles. The summed E-state index contributed by atoms with van der Waals surface area (Å²) in [5.74, 6) is -0.250. The fraction of sp³-hybridized carbons (Fsp3) is 0.556. The van der Waals surface area contributed by atoms with Crippen molar-refractivity contribution in [1.82, 2.24) is 14.7 Å². The molecule has 1 aliphatic heterocycles. The van der Waals surface area contributed by atoms with Crippen LogP contribution in [-0.4, -0.2) is 56.0 Å². The van der Waals surface area contributed by atoms with Gasteiger partial charge in [-0.05, 0) is 26.0 Å². The summed E-state index contributed by atoms with van der Waals surface area (Å²) >= 11 is 0. The van der Waals surface area contributed by atoms with Crippen LogP contribution >= 0.6 is 12.4 Å². The predicted molar refractivity (Wildman–Crippen MR) is 101 cm³/mol. The van der Waals surface area contributed by atoms with E-state index in [4.69, 9.17) is 0 Å². The van der Waals surface area contributed by atoms with Gasteiger partial charge in [0.15, 0.2) is 0 Å². The van der Waals surface area contributed by atoms with E-state index >= 15 is 0 Å². The Morgan fingerprint density at radius 3 is 2.40 bits per heavy atom. The summed E-state index contributed by atoms with van der Waals surface area (Å²) in [6, 6.07) is 6.68. The van der Waals surface area contributed by atoms with Crippen molar-refractivity contribution < 1.29 is 14.0 Å². The van der Waals surface area contributed by atoms with Crippen LogP contribution in [0.5, 0.6) is 0 Å². The SMILES string of the molecule is CC(C)NC(=O)N1CC[N+](CCCC=O)(c2ccc(F)cc2)CC1.Cl. The molecule has 1 aromatic carbocycles. The van der Waals surface area contributed by atoms with E-state index in [2.05, 4.69) is 5.32 Å². The van der Waals surface area contributed by atoms with E-state index < -0.39 is 0 Å². The monoisotopic (exact) mass is 372 g/mol. The van der Waals surface area contributed by atoms with Gasteiger partial charge in [0, 0.05) is 31.0 Å². The molecule has 25 heavy (non-hydrogen) atoms. The van der Waals surface area contributed by atoms with Crippen molar-refractivity contribution in [3.8, 4) is 0 Å². The third-order valence-corrected chi connectivity index (χ3v) is 4.58. The number of carbonyl (C=O) groups excluding carboxylic acids is 2. The third-order valence-electron chi connectivity index (χ3n) is 4.58. The minimum atomic E-state index is -0.250. The molecule has 1 aromatic rings. The normalized spacial score (nSPS) is 16.2. The largest absolute Gasteiger partial charge is 0.336 e. The molecular weight excluding hydrogens is 345 g/mol. The molecule has 140 valence electrons. The Hall–Kier alpha value is -1.66. The van der Waals surface area contributed by atoms with Gasteiger partial charge in [0.25, 0.3) is 0 Å². The van der Waals surface area contributed by atoms with Crippen molar-refractivity contribution in [2.75, 3.05) is 32.7 Å². The number of piperazine rings is 1. The molecule has 1 N–H and O–H groups in total. The lowest BCUT2D eigenvalue weighted by Crippen LogP contribution is -2.63. The first-order valence-corrected chi connectivity index (χ1v) is 8.58. The summed E-state index contributed by atoms with van der Waals surface area (Å²) in [6.07, 6.45) is 2.26. The van der Waals surface area contributed by atoms with Gasteiger partial charge in [0.05, 0.1) is 19.6 Å². The second kappa shape index (κ2) is 9.73. The van der Waals surface area contributed by atoms with Crippen LogP contribution in [0.25, 0.3) is 0 Å². The second-order valence-corrected chi connectivity index (χ2v) is 6.69. The van der Waals surface area contributed by atoms with Crippen molar-refractivity contribution in [3.63, 3.8) is 0 Å². The number of hydrogen-bond donors (Lipinski definition) is 1. The molecule has 2 amide bonds. The van der Waals surface area contributed by atoms with Gasteiger partial charge >= 0.3 is 6.03 Å². The molecule has 0 aliphatic carbocycles. The first-order valence-electron chi connectivity index (χ1n) is 8.58. The Kier molecular flexibility index (Phi) is 8.32. The second-order valence-electron chi connectivity index (χ2n) is 6.69. The Balaban J connectivity index is 0.00000312. The topological polar surface area (TPSA) is 49.4 Å². The van der Waals surface area contributed by atoms with Gasteiger partial charge in [-0.25, -0.2) is 9.18 Å². The van der Waals surface area contributed by atoms with Gasteiger partial charge < -0.3 is 15.0 Å². The number of aldehydes is 1.